The molecule has 5 aromatic rings. The zero-order chi connectivity index (χ0) is 29.6. The largest absolute Gasteiger partial charge is 0.392 e. The number of carbonyl (C=O) groups excluding carboxylic acids is 1. The molecule has 0 aliphatic heterocycles. The molecule has 0 unspecified atom stereocenters. The van der Waals surface area contributed by atoms with Gasteiger partial charge in [0.1, 0.15) is 17.3 Å². The third kappa shape index (κ3) is 4.96. The Morgan fingerprint density at radius 2 is 1.98 bits per heavy atom. The van der Waals surface area contributed by atoms with Gasteiger partial charge in [-0.05, 0) is 60.6 Å². The van der Waals surface area contributed by atoms with Crippen LogP contribution in [0, 0.1) is 12.3 Å². The van der Waals surface area contributed by atoms with E-state index in [1.54, 1.807) is 59.3 Å². The number of hydrogen-bond acceptors (Lipinski definition) is 7. The second-order valence-corrected chi connectivity index (χ2v) is 11.7. The van der Waals surface area contributed by atoms with E-state index in [1.807, 2.05) is 6.20 Å². The first kappa shape index (κ1) is 27.4. The van der Waals surface area contributed by atoms with Gasteiger partial charge in [-0.3, -0.25) is 18.9 Å². The maximum Gasteiger partial charge on any atom is 0.274 e. The number of hydrogen-bond donors (Lipinski definition) is 2. The molecule has 216 valence electrons. The fourth-order valence-corrected chi connectivity index (χ4v) is 6.04. The molecule has 2 N–H and O–H groups in total. The Morgan fingerprint density at radius 1 is 1.14 bits per heavy atom. The van der Waals surface area contributed by atoms with Crippen LogP contribution < -0.4 is 15.8 Å². The van der Waals surface area contributed by atoms with Gasteiger partial charge in [0.25, 0.3) is 5.56 Å². The highest BCUT2D eigenvalue weighted by Gasteiger charge is 2.32. The van der Waals surface area contributed by atoms with Gasteiger partial charge in [0.2, 0.25) is 12.2 Å². The monoisotopic (exact) mass is 566 g/mol. The van der Waals surface area contributed by atoms with Crippen LogP contribution >= 0.6 is 0 Å². The Labute approximate surface area is 243 Å². The summed E-state index contributed by atoms with van der Waals surface area (Å²) >= 11 is 0. The molecule has 0 bridgehead atoms. The normalized spacial score (nSPS) is 13.8. The number of carbonyl (C=O) groups is 1. The van der Waals surface area contributed by atoms with E-state index in [4.69, 9.17) is 0 Å². The molecule has 0 fully saturated rings. The highest BCUT2D eigenvalue weighted by Crippen LogP contribution is 2.38. The van der Waals surface area contributed by atoms with E-state index in [-0.39, 0.29) is 17.6 Å². The summed E-state index contributed by atoms with van der Waals surface area (Å²) in [5.74, 6) is 1.37. The molecule has 11 nitrogen and oxygen atoms in total. The predicted molar refractivity (Wildman–Crippen MR) is 161 cm³/mol. The minimum Gasteiger partial charge on any atom is -0.392 e. The van der Waals surface area contributed by atoms with Gasteiger partial charge in [-0.25, -0.2) is 9.97 Å². The van der Waals surface area contributed by atoms with Crippen molar-refractivity contribution < 1.29 is 9.90 Å². The fraction of sp³-hybridized carbons (Fsp3) is 0.323. The summed E-state index contributed by atoms with van der Waals surface area (Å²) in [4.78, 5) is 40.1. The number of aliphatic hydroxyl groups is 1. The van der Waals surface area contributed by atoms with Crippen molar-refractivity contribution in [2.24, 2.45) is 12.5 Å². The molecule has 0 aromatic carbocycles. The van der Waals surface area contributed by atoms with E-state index in [0.717, 1.165) is 19.3 Å². The molecule has 5 aromatic heterocycles. The van der Waals surface area contributed by atoms with Crippen molar-refractivity contribution in [3.8, 4) is 11.1 Å². The van der Waals surface area contributed by atoms with Crippen molar-refractivity contribution in [2.45, 2.75) is 46.8 Å². The highest BCUT2D eigenvalue weighted by molar-refractivity contribution is 5.81. The van der Waals surface area contributed by atoms with Gasteiger partial charge >= 0.3 is 0 Å². The van der Waals surface area contributed by atoms with Gasteiger partial charge in [0.05, 0.1) is 6.61 Å². The summed E-state index contributed by atoms with van der Waals surface area (Å²) in [5, 5.41) is 13.6. The second kappa shape index (κ2) is 10.6. The number of fused-ring (bicyclic) bond motifs is 2. The van der Waals surface area contributed by atoms with Crippen LogP contribution in [-0.2, 0) is 37.8 Å². The molecule has 42 heavy (non-hydrogen) atoms. The maximum atomic E-state index is 13.0. The van der Waals surface area contributed by atoms with Crippen LogP contribution in [0.15, 0.2) is 60.0 Å². The average Bonchev–Trinajstić information content (AvgIpc) is 3.63. The molecular formula is C31H34N8O3. The van der Waals surface area contributed by atoms with E-state index in [2.05, 4.69) is 51.7 Å². The minimum atomic E-state index is -0.335. The zero-order valence-electron chi connectivity index (χ0n) is 24.2. The lowest BCUT2D eigenvalue weighted by molar-refractivity contribution is -0.107. The lowest BCUT2D eigenvalue weighted by atomic mass is 9.90. The summed E-state index contributed by atoms with van der Waals surface area (Å²) < 4.78 is 5.54. The Balaban J connectivity index is 1.31. The minimum absolute atomic E-state index is 0.232. The Hall–Kier alpha value is -4.77. The molecule has 1 aliphatic carbocycles. The number of nitrogens with zero attached hydrogens (tertiary/aromatic N) is 7. The van der Waals surface area contributed by atoms with E-state index in [9.17, 15) is 14.7 Å². The van der Waals surface area contributed by atoms with Crippen LogP contribution in [0.3, 0.4) is 0 Å². The summed E-state index contributed by atoms with van der Waals surface area (Å²) in [6, 6.07) is 7.51. The third-order valence-corrected chi connectivity index (χ3v) is 7.99. The van der Waals surface area contributed by atoms with Crippen molar-refractivity contribution in [3.05, 3.63) is 88.1 Å². The molecular weight excluding hydrogens is 532 g/mol. The molecule has 1 aliphatic rings. The van der Waals surface area contributed by atoms with Crippen LogP contribution in [0.1, 0.15) is 36.4 Å². The number of amides is 1. The van der Waals surface area contributed by atoms with E-state index in [1.165, 1.54) is 21.5 Å². The van der Waals surface area contributed by atoms with Crippen molar-refractivity contribution >= 4 is 29.5 Å². The van der Waals surface area contributed by atoms with Gasteiger partial charge in [0, 0.05) is 73.6 Å². The highest BCUT2D eigenvalue weighted by atomic mass is 16.3. The third-order valence-electron chi connectivity index (χ3n) is 7.99. The number of aliphatic hydroxyl groups excluding tert-OH is 1. The number of rotatable bonds is 9. The van der Waals surface area contributed by atoms with E-state index in [0.29, 0.717) is 52.9 Å². The van der Waals surface area contributed by atoms with Crippen molar-refractivity contribution in [2.75, 3.05) is 16.8 Å². The number of anilines is 3. The molecule has 0 spiro atoms. The van der Waals surface area contributed by atoms with Crippen LogP contribution in [-0.4, -0.2) is 46.5 Å². The molecule has 5 heterocycles. The second-order valence-electron chi connectivity index (χ2n) is 11.7. The van der Waals surface area contributed by atoms with E-state index >= 15 is 0 Å². The number of aromatic nitrogens is 6. The lowest BCUT2D eigenvalue weighted by Crippen LogP contribution is -2.29. The topological polar surface area (TPSA) is 123 Å². The lowest BCUT2D eigenvalue weighted by Gasteiger charge is -2.23. The first-order valence-electron chi connectivity index (χ1n) is 13.9. The summed E-state index contributed by atoms with van der Waals surface area (Å²) in [5.41, 5.74) is 6.05. The molecule has 6 rings (SSSR count). The summed E-state index contributed by atoms with van der Waals surface area (Å²) in [6.45, 7) is 7.35. The van der Waals surface area contributed by atoms with Gasteiger partial charge in [-0.15, -0.1) is 0 Å². The summed E-state index contributed by atoms with van der Waals surface area (Å²) in [7, 11) is 1.67. The van der Waals surface area contributed by atoms with Crippen molar-refractivity contribution in [3.63, 3.8) is 0 Å². The van der Waals surface area contributed by atoms with Crippen LogP contribution in [0.2, 0.25) is 0 Å². The number of nitrogens with one attached hydrogen (secondary N) is 1. The Morgan fingerprint density at radius 3 is 2.76 bits per heavy atom. The number of pyridine rings is 2. The maximum absolute atomic E-state index is 13.0. The Kier molecular flexibility index (Phi) is 6.90. The predicted octanol–water partition coefficient (Wildman–Crippen LogP) is 3.62. The standard InChI is InChI=1S/C31H34N8O3/c1-20-13-21-15-31(2,3)16-26(21)39(20)12-11-38(19-41)28-24(18-40)23(5-7-32-28)22-14-25(29(42)36(4)17-22)34-27-6-9-37-10-8-33-30(37)35-27/h5-10,13-14,17,19,40H,11-12,15-16,18H2,1-4H3,(H,33,34,35). The smallest absolute Gasteiger partial charge is 0.274 e. The molecule has 1 amide bonds. The summed E-state index contributed by atoms with van der Waals surface area (Å²) in [6.07, 6.45) is 11.4. The van der Waals surface area contributed by atoms with Crippen LogP contribution in [0.25, 0.3) is 16.9 Å². The van der Waals surface area contributed by atoms with Gasteiger partial charge < -0.3 is 19.6 Å². The molecule has 0 atom stereocenters. The van der Waals surface area contributed by atoms with Gasteiger partial charge in [0.15, 0.2) is 0 Å². The van der Waals surface area contributed by atoms with Crippen molar-refractivity contribution in [1.82, 2.24) is 28.5 Å². The molecule has 0 saturated heterocycles. The Bertz CT molecular complexity index is 1870. The van der Waals surface area contributed by atoms with E-state index < -0.39 is 0 Å². The SMILES string of the molecule is Cc1cc2c(n1CCN(C=O)c1nccc(-c3cc(Nc4ccn5ccnc5n4)c(=O)n(C)c3)c1CO)CC(C)(C)C2. The number of imidazole rings is 1. The fourth-order valence-electron chi connectivity index (χ4n) is 6.04. The van der Waals surface area contributed by atoms with Gasteiger partial charge in [-0.1, -0.05) is 13.8 Å². The molecule has 0 radical (unpaired) electrons. The van der Waals surface area contributed by atoms with Crippen LogP contribution in [0.5, 0.6) is 0 Å². The van der Waals surface area contributed by atoms with Crippen molar-refractivity contribution in [1.29, 1.82) is 0 Å². The average molecular weight is 567 g/mol. The van der Waals surface area contributed by atoms with Crippen LogP contribution in [0.4, 0.5) is 17.3 Å². The first-order valence-corrected chi connectivity index (χ1v) is 13.9. The first-order chi connectivity index (χ1) is 20.2. The molecule has 0 saturated carbocycles. The number of aryl methyl sites for hydroxylation is 2. The molecule has 11 heteroatoms. The quantitative estimate of drug-likeness (QED) is 0.261. The van der Waals surface area contributed by atoms with Gasteiger partial charge in [-0.2, -0.15) is 4.98 Å². The zero-order valence-corrected chi connectivity index (χ0v) is 24.2.